The van der Waals surface area contributed by atoms with Crippen LogP contribution in [-0.4, -0.2) is 23.7 Å². The Kier molecular flexibility index (Phi) is 4.40. The molecule has 0 saturated carbocycles. The Morgan fingerprint density at radius 3 is 2.15 bits per heavy atom. The van der Waals surface area contributed by atoms with Crippen molar-refractivity contribution >= 4 is 23.4 Å². The number of esters is 1. The minimum absolute atomic E-state index is 0.236. The lowest BCUT2D eigenvalue weighted by Gasteiger charge is -2.19. The molecule has 0 N–H and O–H groups in total. The average Bonchev–Trinajstić information content (AvgIpc) is 2.00. The highest BCUT2D eigenvalue weighted by atomic mass is 35.5. The summed E-state index contributed by atoms with van der Waals surface area (Å²) in [7, 11) is 0. The van der Waals surface area contributed by atoms with E-state index in [0.717, 1.165) is 0 Å². The van der Waals surface area contributed by atoms with Crippen molar-refractivity contribution in [3.63, 3.8) is 0 Å². The van der Waals surface area contributed by atoms with Crippen molar-refractivity contribution in [1.29, 1.82) is 0 Å². The molecule has 0 amide bonds. The van der Waals surface area contributed by atoms with Gasteiger partial charge in [-0.25, -0.2) is 4.79 Å². The first-order valence-corrected chi connectivity index (χ1v) is 4.59. The van der Waals surface area contributed by atoms with Crippen LogP contribution in [0.4, 0.5) is 0 Å². The van der Waals surface area contributed by atoms with Gasteiger partial charge >= 0.3 is 5.97 Å². The van der Waals surface area contributed by atoms with Gasteiger partial charge in [-0.15, -0.1) is 11.6 Å². The van der Waals surface area contributed by atoms with Gasteiger partial charge in [-0.2, -0.15) is 0 Å². The number of ketones is 1. The second kappa shape index (κ2) is 4.61. The zero-order chi connectivity index (χ0) is 10.6. The quantitative estimate of drug-likeness (QED) is 0.402. The number of halogens is 1. The van der Waals surface area contributed by atoms with E-state index in [2.05, 4.69) is 4.74 Å². The maximum Gasteiger partial charge on any atom is 0.331 e. The molecule has 1 atom stereocenters. The van der Waals surface area contributed by atoms with Gasteiger partial charge in [0.2, 0.25) is 0 Å². The maximum atomic E-state index is 11.4. The van der Waals surface area contributed by atoms with E-state index >= 15 is 0 Å². The summed E-state index contributed by atoms with van der Waals surface area (Å²) in [6, 6.07) is 0. The lowest BCUT2D eigenvalue weighted by Crippen LogP contribution is -2.35. The van der Waals surface area contributed by atoms with Crippen molar-refractivity contribution < 1.29 is 14.3 Å². The summed E-state index contributed by atoms with van der Waals surface area (Å²) in [5.41, 5.74) is -0.612. The summed E-state index contributed by atoms with van der Waals surface area (Å²) in [6.45, 7) is 7.04. The van der Waals surface area contributed by atoms with E-state index in [1.807, 2.05) is 0 Å². The van der Waals surface area contributed by atoms with Gasteiger partial charge in [0.05, 0.1) is 6.61 Å². The van der Waals surface area contributed by atoms with E-state index in [1.165, 1.54) is 0 Å². The van der Waals surface area contributed by atoms with Gasteiger partial charge in [0.25, 0.3) is 0 Å². The van der Waals surface area contributed by atoms with Gasteiger partial charge in [-0.1, -0.05) is 20.8 Å². The van der Waals surface area contributed by atoms with E-state index in [4.69, 9.17) is 11.6 Å². The Morgan fingerprint density at radius 2 is 1.85 bits per heavy atom. The largest absolute Gasteiger partial charge is 0.465 e. The van der Waals surface area contributed by atoms with Gasteiger partial charge in [0.15, 0.2) is 11.2 Å². The molecule has 0 radical (unpaired) electrons. The fourth-order valence-electron chi connectivity index (χ4n) is 0.703. The van der Waals surface area contributed by atoms with Crippen LogP contribution in [0.25, 0.3) is 0 Å². The number of Topliss-reactive ketones (excluding diaryl/α,β-unsaturated/α-hetero) is 1. The number of rotatable bonds is 3. The highest BCUT2D eigenvalue weighted by Crippen LogP contribution is 2.20. The molecular formula is C9H15ClO3. The monoisotopic (exact) mass is 206 g/mol. The van der Waals surface area contributed by atoms with Crippen LogP contribution < -0.4 is 0 Å². The molecule has 0 spiro atoms. The van der Waals surface area contributed by atoms with Crippen LogP contribution in [0, 0.1) is 5.41 Å². The molecular weight excluding hydrogens is 192 g/mol. The first kappa shape index (κ1) is 12.4. The number of carbonyl (C=O) groups excluding carboxylic acids is 2. The fraction of sp³-hybridized carbons (Fsp3) is 0.778. The molecule has 0 fully saturated rings. The van der Waals surface area contributed by atoms with Crippen LogP contribution in [0.2, 0.25) is 0 Å². The van der Waals surface area contributed by atoms with Crippen LogP contribution in [0.3, 0.4) is 0 Å². The van der Waals surface area contributed by atoms with Crippen molar-refractivity contribution in [2.45, 2.75) is 33.1 Å². The lowest BCUT2D eigenvalue weighted by atomic mass is 9.89. The Morgan fingerprint density at radius 1 is 1.38 bits per heavy atom. The maximum absolute atomic E-state index is 11.4. The standard InChI is InChI=1S/C9H15ClO3/c1-5-13-8(12)6(10)7(11)9(2,3)4/h6H,5H2,1-4H3. The van der Waals surface area contributed by atoms with Gasteiger partial charge in [0.1, 0.15) is 0 Å². The van der Waals surface area contributed by atoms with E-state index < -0.39 is 16.8 Å². The normalized spacial score (nSPS) is 13.6. The Labute approximate surface area is 83.4 Å². The third-order valence-electron chi connectivity index (χ3n) is 1.46. The molecule has 0 aromatic carbocycles. The Hall–Kier alpha value is -0.570. The molecule has 0 aliphatic heterocycles. The first-order valence-electron chi connectivity index (χ1n) is 4.15. The molecule has 0 saturated heterocycles. The number of ether oxygens (including phenoxy) is 1. The Balaban J connectivity index is 4.35. The van der Waals surface area contributed by atoms with E-state index in [9.17, 15) is 9.59 Å². The minimum Gasteiger partial charge on any atom is -0.465 e. The van der Waals surface area contributed by atoms with Crippen molar-refractivity contribution in [1.82, 2.24) is 0 Å². The molecule has 0 aromatic rings. The third-order valence-corrected chi connectivity index (χ3v) is 1.84. The van der Waals surface area contributed by atoms with Crippen molar-refractivity contribution in [3.8, 4) is 0 Å². The molecule has 0 rings (SSSR count). The summed E-state index contributed by atoms with van der Waals surface area (Å²) in [4.78, 5) is 22.5. The first-order chi connectivity index (χ1) is 5.80. The zero-order valence-electron chi connectivity index (χ0n) is 8.39. The molecule has 13 heavy (non-hydrogen) atoms. The fourth-order valence-corrected chi connectivity index (χ4v) is 1.09. The van der Waals surface area contributed by atoms with Crippen LogP contribution >= 0.6 is 11.6 Å². The molecule has 4 heteroatoms. The van der Waals surface area contributed by atoms with Crippen molar-refractivity contribution in [2.75, 3.05) is 6.61 Å². The molecule has 3 nitrogen and oxygen atoms in total. The molecule has 0 heterocycles. The second-order valence-corrected chi connectivity index (χ2v) is 4.17. The predicted molar refractivity (Wildman–Crippen MR) is 50.7 cm³/mol. The van der Waals surface area contributed by atoms with Crippen molar-refractivity contribution in [2.24, 2.45) is 5.41 Å². The number of alkyl halides is 1. The molecule has 0 aliphatic carbocycles. The van der Waals surface area contributed by atoms with Crippen molar-refractivity contribution in [3.05, 3.63) is 0 Å². The third kappa shape index (κ3) is 3.77. The number of carbonyl (C=O) groups is 2. The summed E-state index contributed by atoms with van der Waals surface area (Å²) in [5.74, 6) is -0.975. The van der Waals surface area contributed by atoms with Crippen LogP contribution in [-0.2, 0) is 14.3 Å². The summed E-state index contributed by atoms with van der Waals surface area (Å²) in [5, 5.41) is -1.18. The summed E-state index contributed by atoms with van der Waals surface area (Å²) >= 11 is 5.62. The van der Waals surface area contributed by atoms with Gasteiger partial charge in [-0.3, -0.25) is 4.79 Å². The number of hydrogen-bond acceptors (Lipinski definition) is 3. The molecule has 0 bridgehead atoms. The molecule has 76 valence electrons. The summed E-state index contributed by atoms with van der Waals surface area (Å²) < 4.78 is 4.63. The molecule has 0 aromatic heterocycles. The van der Waals surface area contributed by atoms with E-state index in [0.29, 0.717) is 0 Å². The topological polar surface area (TPSA) is 43.4 Å². The second-order valence-electron chi connectivity index (χ2n) is 3.73. The smallest absolute Gasteiger partial charge is 0.331 e. The van der Waals surface area contributed by atoms with Gasteiger partial charge in [0, 0.05) is 5.41 Å². The zero-order valence-corrected chi connectivity index (χ0v) is 9.14. The van der Waals surface area contributed by atoms with E-state index in [1.54, 1.807) is 27.7 Å². The van der Waals surface area contributed by atoms with Crippen LogP contribution in [0.5, 0.6) is 0 Å². The van der Waals surface area contributed by atoms with E-state index in [-0.39, 0.29) is 12.4 Å². The highest BCUT2D eigenvalue weighted by Gasteiger charge is 2.33. The average molecular weight is 207 g/mol. The minimum atomic E-state index is -1.18. The van der Waals surface area contributed by atoms with Crippen LogP contribution in [0.1, 0.15) is 27.7 Å². The lowest BCUT2D eigenvalue weighted by molar-refractivity contribution is -0.146. The molecule has 0 aliphatic rings. The molecule has 1 unspecified atom stereocenters. The number of hydrogen-bond donors (Lipinski definition) is 0. The Bertz CT molecular complexity index is 205. The van der Waals surface area contributed by atoms with Crippen LogP contribution in [0.15, 0.2) is 0 Å². The SMILES string of the molecule is CCOC(=O)C(Cl)C(=O)C(C)(C)C. The predicted octanol–water partition coefficient (Wildman–Crippen LogP) is 1.77. The van der Waals surface area contributed by atoms with Gasteiger partial charge < -0.3 is 4.74 Å². The highest BCUT2D eigenvalue weighted by molar-refractivity contribution is 6.41. The summed E-state index contributed by atoms with van der Waals surface area (Å²) in [6.07, 6.45) is 0. The van der Waals surface area contributed by atoms with Gasteiger partial charge in [-0.05, 0) is 6.92 Å².